The number of benzene rings is 3. The van der Waals surface area contributed by atoms with Crippen molar-refractivity contribution in [3.63, 3.8) is 0 Å². The molecule has 4 rings (SSSR count). The molecule has 0 radical (unpaired) electrons. The van der Waals surface area contributed by atoms with Gasteiger partial charge in [-0.25, -0.2) is 8.42 Å². The standard InChI is InChI=1S/C26H28ClN3O4S/c1-29(35(32,33)25-11-7-23(27)8-12-25)24-9-5-22(6-10-24)26(31)28-18-20-3-2-4-21(17-20)19-30-13-15-34-16-14-30/h2-12,17H,13-16,18-19H2,1H3,(H,28,31). The van der Waals surface area contributed by atoms with Gasteiger partial charge in [-0.15, -0.1) is 0 Å². The number of halogens is 1. The first kappa shape index (κ1) is 25.2. The third-order valence-corrected chi connectivity index (χ3v) is 7.97. The summed E-state index contributed by atoms with van der Waals surface area (Å²) < 4.78 is 32.3. The second-order valence-corrected chi connectivity index (χ2v) is 10.8. The Morgan fingerprint density at radius 3 is 2.34 bits per heavy atom. The molecule has 1 aliphatic heterocycles. The number of morpholine rings is 1. The van der Waals surface area contributed by atoms with Crippen LogP contribution in [0.15, 0.2) is 77.7 Å². The van der Waals surface area contributed by atoms with Crippen molar-refractivity contribution in [2.75, 3.05) is 37.7 Å². The molecule has 0 atom stereocenters. The van der Waals surface area contributed by atoms with Crippen molar-refractivity contribution in [2.45, 2.75) is 18.0 Å². The second kappa shape index (κ2) is 11.2. The Bertz CT molecular complexity index is 1260. The molecule has 9 heteroatoms. The molecule has 1 aliphatic rings. The molecule has 0 aliphatic carbocycles. The molecule has 1 N–H and O–H groups in total. The Morgan fingerprint density at radius 2 is 1.66 bits per heavy atom. The predicted octanol–water partition coefficient (Wildman–Crippen LogP) is 3.93. The molecule has 0 spiro atoms. The van der Waals surface area contributed by atoms with E-state index in [0.717, 1.165) is 38.4 Å². The van der Waals surface area contributed by atoms with Crippen molar-refractivity contribution >= 4 is 33.2 Å². The highest BCUT2D eigenvalue weighted by Gasteiger charge is 2.21. The molecular weight excluding hydrogens is 486 g/mol. The van der Waals surface area contributed by atoms with Gasteiger partial charge in [0.05, 0.1) is 23.8 Å². The number of rotatable bonds is 8. The van der Waals surface area contributed by atoms with Crippen molar-refractivity contribution in [3.8, 4) is 0 Å². The van der Waals surface area contributed by atoms with Crippen LogP contribution in [0, 0.1) is 0 Å². The highest BCUT2D eigenvalue weighted by molar-refractivity contribution is 7.92. The van der Waals surface area contributed by atoms with E-state index in [9.17, 15) is 13.2 Å². The molecule has 1 amide bonds. The van der Waals surface area contributed by atoms with Crippen LogP contribution in [0.4, 0.5) is 5.69 Å². The maximum absolute atomic E-state index is 12.9. The number of ether oxygens (including phenoxy) is 1. The molecule has 7 nitrogen and oxygen atoms in total. The number of amides is 1. The molecule has 1 saturated heterocycles. The fraction of sp³-hybridized carbons (Fsp3) is 0.269. The number of hydrogen-bond acceptors (Lipinski definition) is 5. The number of hydrogen-bond donors (Lipinski definition) is 1. The number of nitrogens with one attached hydrogen (secondary N) is 1. The lowest BCUT2D eigenvalue weighted by molar-refractivity contribution is 0.0342. The number of nitrogens with zero attached hydrogens (tertiary/aromatic N) is 2. The smallest absolute Gasteiger partial charge is 0.264 e. The van der Waals surface area contributed by atoms with Crippen molar-refractivity contribution in [2.24, 2.45) is 0 Å². The molecule has 1 fully saturated rings. The molecule has 1 heterocycles. The van der Waals surface area contributed by atoms with E-state index in [2.05, 4.69) is 22.3 Å². The van der Waals surface area contributed by atoms with E-state index in [1.165, 1.54) is 41.2 Å². The van der Waals surface area contributed by atoms with Gasteiger partial charge in [0.15, 0.2) is 0 Å². The SMILES string of the molecule is CN(c1ccc(C(=O)NCc2cccc(CN3CCOCC3)c2)cc1)S(=O)(=O)c1ccc(Cl)cc1. The van der Waals surface area contributed by atoms with Crippen molar-refractivity contribution in [1.29, 1.82) is 0 Å². The molecule has 3 aromatic carbocycles. The zero-order valence-corrected chi connectivity index (χ0v) is 21.1. The van der Waals surface area contributed by atoms with Crippen LogP contribution in [0.1, 0.15) is 21.5 Å². The number of anilines is 1. The van der Waals surface area contributed by atoms with Crippen LogP contribution in [-0.2, 0) is 27.8 Å². The Kier molecular flexibility index (Phi) is 8.07. The molecular formula is C26H28ClN3O4S. The highest BCUT2D eigenvalue weighted by atomic mass is 35.5. The highest BCUT2D eigenvalue weighted by Crippen LogP contribution is 2.23. The van der Waals surface area contributed by atoms with E-state index in [0.29, 0.717) is 22.8 Å². The zero-order chi connectivity index (χ0) is 24.8. The molecule has 35 heavy (non-hydrogen) atoms. The number of carbonyl (C=O) groups excluding carboxylic acids is 1. The van der Waals surface area contributed by atoms with Gasteiger partial charge in [-0.05, 0) is 59.7 Å². The van der Waals surface area contributed by atoms with Crippen LogP contribution in [0.3, 0.4) is 0 Å². The fourth-order valence-corrected chi connectivity index (χ4v) is 5.19. The van der Waals surface area contributed by atoms with E-state index in [1.54, 1.807) is 24.3 Å². The first-order valence-electron chi connectivity index (χ1n) is 11.3. The normalized spacial score (nSPS) is 14.5. The third kappa shape index (κ3) is 6.41. The summed E-state index contributed by atoms with van der Waals surface area (Å²) in [6, 6.07) is 20.7. The molecule has 0 saturated carbocycles. The van der Waals surface area contributed by atoms with Crippen molar-refractivity contribution in [1.82, 2.24) is 10.2 Å². The maximum Gasteiger partial charge on any atom is 0.264 e. The maximum atomic E-state index is 12.9. The third-order valence-electron chi connectivity index (χ3n) is 5.92. The Morgan fingerprint density at radius 1 is 1.00 bits per heavy atom. The van der Waals surface area contributed by atoms with E-state index >= 15 is 0 Å². The summed E-state index contributed by atoms with van der Waals surface area (Å²) in [5, 5.41) is 3.40. The lowest BCUT2D eigenvalue weighted by Crippen LogP contribution is -2.35. The van der Waals surface area contributed by atoms with Gasteiger partial charge < -0.3 is 10.1 Å². The van der Waals surface area contributed by atoms with Gasteiger partial charge in [-0.3, -0.25) is 14.0 Å². The van der Waals surface area contributed by atoms with Crippen molar-refractivity contribution < 1.29 is 17.9 Å². The Balaban J connectivity index is 1.36. The van der Waals surface area contributed by atoms with Crippen LogP contribution in [0.2, 0.25) is 5.02 Å². The number of carbonyl (C=O) groups is 1. The van der Waals surface area contributed by atoms with E-state index in [1.807, 2.05) is 12.1 Å². The molecule has 0 unspecified atom stereocenters. The summed E-state index contributed by atoms with van der Waals surface area (Å²) in [4.78, 5) is 15.2. The zero-order valence-electron chi connectivity index (χ0n) is 19.5. The lowest BCUT2D eigenvalue weighted by Gasteiger charge is -2.26. The molecule has 184 valence electrons. The average molecular weight is 514 g/mol. The average Bonchev–Trinajstić information content (AvgIpc) is 2.88. The van der Waals surface area contributed by atoms with E-state index < -0.39 is 10.0 Å². The minimum absolute atomic E-state index is 0.141. The summed E-state index contributed by atoms with van der Waals surface area (Å²) in [6.45, 7) is 4.64. The largest absolute Gasteiger partial charge is 0.379 e. The monoisotopic (exact) mass is 513 g/mol. The second-order valence-electron chi connectivity index (χ2n) is 8.36. The van der Waals surface area contributed by atoms with E-state index in [-0.39, 0.29) is 10.8 Å². The van der Waals surface area contributed by atoms with Crippen LogP contribution >= 0.6 is 11.6 Å². The first-order chi connectivity index (χ1) is 16.8. The van der Waals surface area contributed by atoms with Gasteiger partial charge in [0.1, 0.15) is 0 Å². The van der Waals surface area contributed by atoms with Crippen LogP contribution in [0.25, 0.3) is 0 Å². The molecule has 3 aromatic rings. The van der Waals surface area contributed by atoms with Gasteiger partial charge >= 0.3 is 0 Å². The summed E-state index contributed by atoms with van der Waals surface area (Å²) in [6.07, 6.45) is 0. The summed E-state index contributed by atoms with van der Waals surface area (Å²) in [5.41, 5.74) is 3.13. The van der Waals surface area contributed by atoms with Crippen LogP contribution in [-0.4, -0.2) is 52.6 Å². The van der Waals surface area contributed by atoms with Crippen LogP contribution < -0.4 is 9.62 Å². The van der Waals surface area contributed by atoms with Gasteiger partial charge in [-0.2, -0.15) is 0 Å². The van der Waals surface area contributed by atoms with Gasteiger partial charge in [0, 0.05) is 43.8 Å². The predicted molar refractivity (Wildman–Crippen MR) is 137 cm³/mol. The minimum Gasteiger partial charge on any atom is -0.379 e. The molecule has 0 bridgehead atoms. The lowest BCUT2D eigenvalue weighted by atomic mass is 10.1. The van der Waals surface area contributed by atoms with E-state index in [4.69, 9.17) is 16.3 Å². The molecule has 0 aromatic heterocycles. The Hall–Kier alpha value is -2.91. The first-order valence-corrected chi connectivity index (χ1v) is 13.2. The minimum atomic E-state index is -3.74. The fourth-order valence-electron chi connectivity index (χ4n) is 3.87. The van der Waals surface area contributed by atoms with Gasteiger partial charge in [-0.1, -0.05) is 35.9 Å². The quantitative estimate of drug-likeness (QED) is 0.494. The van der Waals surface area contributed by atoms with Crippen molar-refractivity contribution in [3.05, 3.63) is 94.5 Å². The summed E-state index contributed by atoms with van der Waals surface area (Å²) in [7, 11) is -2.26. The van der Waals surface area contributed by atoms with Gasteiger partial charge in [0.2, 0.25) is 0 Å². The summed E-state index contributed by atoms with van der Waals surface area (Å²) >= 11 is 5.87. The number of sulfonamides is 1. The Labute approximate surface area is 211 Å². The van der Waals surface area contributed by atoms with Crippen LogP contribution in [0.5, 0.6) is 0 Å². The topological polar surface area (TPSA) is 79.0 Å². The van der Waals surface area contributed by atoms with Gasteiger partial charge in [0.25, 0.3) is 15.9 Å². The summed E-state index contributed by atoms with van der Waals surface area (Å²) in [5.74, 6) is -0.224.